The second-order valence-corrected chi connectivity index (χ2v) is 6.50. The number of hydrogen-bond donors (Lipinski definition) is 2. The van der Waals surface area contributed by atoms with Crippen LogP contribution >= 0.6 is 0 Å². The molecule has 0 saturated carbocycles. The highest BCUT2D eigenvalue weighted by molar-refractivity contribution is 5.19. The van der Waals surface area contributed by atoms with Crippen LogP contribution in [0.25, 0.3) is 0 Å². The van der Waals surface area contributed by atoms with Crippen LogP contribution in [0, 0.1) is 11.3 Å². The molecule has 1 aliphatic heterocycles. The third-order valence-electron chi connectivity index (χ3n) is 4.18. The molecule has 1 aromatic rings. The first-order chi connectivity index (χ1) is 8.48. The lowest BCUT2D eigenvalue weighted by atomic mass is 9.72. The molecule has 18 heavy (non-hydrogen) atoms. The fraction of sp³-hybridized carbons (Fsp3) is 0.625. The molecule has 2 nitrogen and oxygen atoms in total. The van der Waals surface area contributed by atoms with Crippen molar-refractivity contribution in [3.05, 3.63) is 35.9 Å². The Hall–Kier alpha value is -0.860. The van der Waals surface area contributed by atoms with Crippen molar-refractivity contribution in [1.29, 1.82) is 0 Å². The summed E-state index contributed by atoms with van der Waals surface area (Å²) in [5, 5.41) is 13.9. The van der Waals surface area contributed by atoms with Crippen LogP contribution in [-0.2, 0) is 0 Å². The number of nitrogens with one attached hydrogen (secondary N) is 1. The van der Waals surface area contributed by atoms with Crippen LogP contribution in [0.4, 0.5) is 0 Å². The summed E-state index contributed by atoms with van der Waals surface area (Å²) in [7, 11) is 0. The fourth-order valence-electron chi connectivity index (χ4n) is 2.86. The third kappa shape index (κ3) is 3.12. The van der Waals surface area contributed by atoms with E-state index >= 15 is 0 Å². The maximum absolute atomic E-state index is 10.5. The minimum absolute atomic E-state index is 0.186. The molecule has 0 radical (unpaired) electrons. The van der Waals surface area contributed by atoms with Crippen molar-refractivity contribution in [3.63, 3.8) is 0 Å². The van der Waals surface area contributed by atoms with Crippen molar-refractivity contribution in [2.45, 2.75) is 45.8 Å². The Morgan fingerprint density at radius 2 is 1.89 bits per heavy atom. The van der Waals surface area contributed by atoms with E-state index in [2.05, 4.69) is 26.1 Å². The first-order valence-corrected chi connectivity index (χ1v) is 6.95. The van der Waals surface area contributed by atoms with Crippen LogP contribution in [0.1, 0.15) is 45.3 Å². The summed E-state index contributed by atoms with van der Waals surface area (Å²) >= 11 is 0. The zero-order valence-corrected chi connectivity index (χ0v) is 11.7. The van der Waals surface area contributed by atoms with Gasteiger partial charge in [0.2, 0.25) is 0 Å². The first-order valence-electron chi connectivity index (χ1n) is 6.95. The highest BCUT2D eigenvalue weighted by Crippen LogP contribution is 2.36. The first kappa shape index (κ1) is 13.6. The van der Waals surface area contributed by atoms with E-state index in [-0.39, 0.29) is 6.04 Å². The van der Waals surface area contributed by atoms with Crippen molar-refractivity contribution in [3.8, 4) is 0 Å². The molecule has 0 unspecified atom stereocenters. The van der Waals surface area contributed by atoms with Crippen molar-refractivity contribution in [2.24, 2.45) is 11.3 Å². The van der Waals surface area contributed by atoms with E-state index in [0.717, 1.165) is 18.5 Å². The molecule has 1 aliphatic rings. The van der Waals surface area contributed by atoms with Crippen LogP contribution in [-0.4, -0.2) is 17.7 Å². The van der Waals surface area contributed by atoms with Crippen LogP contribution < -0.4 is 5.32 Å². The molecule has 0 bridgehead atoms. The Balaban J connectivity index is 2.05. The van der Waals surface area contributed by atoms with Crippen molar-refractivity contribution in [1.82, 2.24) is 5.32 Å². The largest absolute Gasteiger partial charge is 0.387 e. The van der Waals surface area contributed by atoms with Crippen LogP contribution in [0.2, 0.25) is 0 Å². The van der Waals surface area contributed by atoms with E-state index in [1.165, 1.54) is 6.42 Å². The summed E-state index contributed by atoms with van der Waals surface area (Å²) < 4.78 is 0. The van der Waals surface area contributed by atoms with Crippen LogP contribution in [0.15, 0.2) is 30.3 Å². The average molecular weight is 247 g/mol. The highest BCUT2D eigenvalue weighted by Gasteiger charge is 2.33. The van der Waals surface area contributed by atoms with Gasteiger partial charge in [-0.3, -0.25) is 0 Å². The van der Waals surface area contributed by atoms with Gasteiger partial charge in [-0.05, 0) is 36.3 Å². The Bertz CT molecular complexity index is 368. The molecular weight excluding hydrogens is 222 g/mol. The molecule has 2 rings (SSSR count). The van der Waals surface area contributed by atoms with Gasteiger partial charge in [0.05, 0.1) is 6.10 Å². The van der Waals surface area contributed by atoms with Gasteiger partial charge in [0.25, 0.3) is 0 Å². The van der Waals surface area contributed by atoms with Gasteiger partial charge in [-0.2, -0.15) is 0 Å². The lowest BCUT2D eigenvalue weighted by Crippen LogP contribution is -2.45. The maximum Gasteiger partial charge on any atom is 0.0943 e. The number of piperidine rings is 1. The predicted octanol–water partition coefficient (Wildman–Crippen LogP) is 3.13. The number of aliphatic hydroxyl groups is 1. The SMILES string of the molecule is CC(C)(C)[C@@H]1CCN[C@H]([C@@H](O)c2ccccc2)C1. The third-order valence-corrected chi connectivity index (χ3v) is 4.18. The maximum atomic E-state index is 10.5. The van der Waals surface area contributed by atoms with Gasteiger partial charge in [0.1, 0.15) is 0 Å². The fourth-order valence-corrected chi connectivity index (χ4v) is 2.86. The Kier molecular flexibility index (Phi) is 4.08. The number of aliphatic hydroxyl groups excluding tert-OH is 1. The predicted molar refractivity (Wildman–Crippen MR) is 75.4 cm³/mol. The lowest BCUT2D eigenvalue weighted by Gasteiger charge is -2.40. The van der Waals surface area contributed by atoms with E-state index in [0.29, 0.717) is 11.3 Å². The summed E-state index contributed by atoms with van der Waals surface area (Å²) in [6.07, 6.45) is 1.87. The molecule has 0 aromatic heterocycles. The van der Waals surface area contributed by atoms with Gasteiger partial charge in [-0.25, -0.2) is 0 Å². The van der Waals surface area contributed by atoms with Gasteiger partial charge >= 0.3 is 0 Å². The Morgan fingerprint density at radius 1 is 1.22 bits per heavy atom. The smallest absolute Gasteiger partial charge is 0.0943 e. The van der Waals surface area contributed by atoms with Gasteiger partial charge in [0.15, 0.2) is 0 Å². The molecule has 1 heterocycles. The van der Waals surface area contributed by atoms with Gasteiger partial charge in [-0.15, -0.1) is 0 Å². The molecule has 0 aliphatic carbocycles. The van der Waals surface area contributed by atoms with Crippen molar-refractivity contribution >= 4 is 0 Å². The van der Waals surface area contributed by atoms with Gasteiger partial charge in [-0.1, -0.05) is 51.1 Å². The topological polar surface area (TPSA) is 32.3 Å². The normalized spacial score (nSPS) is 26.9. The second kappa shape index (κ2) is 5.41. The minimum atomic E-state index is -0.392. The number of hydrogen-bond acceptors (Lipinski definition) is 2. The molecule has 1 aromatic carbocycles. The van der Waals surface area contributed by atoms with Crippen molar-refractivity contribution in [2.75, 3.05) is 6.54 Å². The molecule has 0 spiro atoms. The van der Waals surface area contributed by atoms with E-state index in [9.17, 15) is 5.11 Å². The number of benzene rings is 1. The molecule has 3 atom stereocenters. The lowest BCUT2D eigenvalue weighted by molar-refractivity contribution is 0.0705. The van der Waals surface area contributed by atoms with Crippen molar-refractivity contribution < 1.29 is 5.11 Å². The molecule has 100 valence electrons. The summed E-state index contributed by atoms with van der Waals surface area (Å²) in [4.78, 5) is 0. The van der Waals surface area contributed by atoms with Gasteiger partial charge in [0, 0.05) is 6.04 Å². The van der Waals surface area contributed by atoms with E-state index < -0.39 is 6.10 Å². The Morgan fingerprint density at radius 3 is 2.50 bits per heavy atom. The zero-order valence-electron chi connectivity index (χ0n) is 11.7. The number of rotatable bonds is 2. The molecule has 1 fully saturated rings. The van der Waals surface area contributed by atoms with Crippen LogP contribution in [0.5, 0.6) is 0 Å². The van der Waals surface area contributed by atoms with E-state index in [1.807, 2.05) is 30.3 Å². The standard InChI is InChI=1S/C16H25NO/c1-16(2,3)13-9-10-17-14(11-13)15(18)12-7-5-4-6-8-12/h4-8,13-15,17-18H,9-11H2,1-3H3/t13-,14+,15+/m1/s1. The van der Waals surface area contributed by atoms with E-state index in [4.69, 9.17) is 0 Å². The quantitative estimate of drug-likeness (QED) is 0.841. The average Bonchev–Trinajstić information content (AvgIpc) is 2.38. The zero-order chi connectivity index (χ0) is 13.2. The van der Waals surface area contributed by atoms with Gasteiger partial charge < -0.3 is 10.4 Å². The molecule has 2 heteroatoms. The highest BCUT2D eigenvalue weighted by atomic mass is 16.3. The van der Waals surface area contributed by atoms with E-state index in [1.54, 1.807) is 0 Å². The molecular formula is C16H25NO. The monoisotopic (exact) mass is 247 g/mol. The Labute approximate surface area is 110 Å². The minimum Gasteiger partial charge on any atom is -0.387 e. The summed E-state index contributed by atoms with van der Waals surface area (Å²) in [5.41, 5.74) is 1.35. The second-order valence-electron chi connectivity index (χ2n) is 6.50. The summed E-state index contributed by atoms with van der Waals surface area (Å²) in [6.45, 7) is 7.91. The summed E-state index contributed by atoms with van der Waals surface area (Å²) in [5.74, 6) is 0.683. The molecule has 1 saturated heterocycles. The van der Waals surface area contributed by atoms with Crippen LogP contribution in [0.3, 0.4) is 0 Å². The summed E-state index contributed by atoms with van der Waals surface area (Å²) in [6, 6.07) is 10.2. The molecule has 0 amide bonds. The molecule has 2 N–H and O–H groups in total.